The van der Waals surface area contributed by atoms with Crippen molar-refractivity contribution < 1.29 is 14.6 Å². The Morgan fingerprint density at radius 3 is 2.53 bits per heavy atom. The third-order valence-electron chi connectivity index (χ3n) is 2.60. The molecule has 0 saturated carbocycles. The van der Waals surface area contributed by atoms with E-state index < -0.39 is 5.60 Å². The van der Waals surface area contributed by atoms with Gasteiger partial charge in [-0.1, -0.05) is 0 Å². The van der Waals surface area contributed by atoms with Crippen molar-refractivity contribution in [3.05, 3.63) is 0 Å². The van der Waals surface area contributed by atoms with E-state index in [2.05, 4.69) is 0 Å². The van der Waals surface area contributed by atoms with E-state index in [0.717, 1.165) is 12.8 Å². The molecule has 1 aliphatic rings. The molecule has 88 valence electrons. The quantitative estimate of drug-likeness (QED) is 0.725. The number of amides is 1. The van der Waals surface area contributed by atoms with E-state index in [1.165, 1.54) is 0 Å². The molecule has 4 heteroatoms. The number of aliphatic hydroxyl groups is 1. The lowest BCUT2D eigenvalue weighted by molar-refractivity contribution is 0.0105. The number of hydrogen-bond acceptors (Lipinski definition) is 3. The first kappa shape index (κ1) is 12.3. The second-order valence-corrected chi connectivity index (χ2v) is 5.15. The number of likely N-dealkylation sites (tertiary alicyclic amines) is 1. The lowest BCUT2D eigenvalue weighted by Crippen LogP contribution is -2.44. The molecule has 0 radical (unpaired) electrons. The summed E-state index contributed by atoms with van der Waals surface area (Å²) in [7, 11) is 0. The molecule has 0 aromatic carbocycles. The number of carbonyl (C=O) groups is 1. The molecule has 4 nitrogen and oxygen atoms in total. The molecule has 0 bridgehead atoms. The van der Waals surface area contributed by atoms with Crippen LogP contribution >= 0.6 is 0 Å². The SMILES string of the molecule is C[C@@H]1CC[C@H](CO)N1C(=O)OC(C)(C)C. The summed E-state index contributed by atoms with van der Waals surface area (Å²) in [5.41, 5.74) is -0.473. The van der Waals surface area contributed by atoms with Gasteiger partial charge in [0.05, 0.1) is 12.6 Å². The first-order valence-corrected chi connectivity index (χ1v) is 5.47. The average molecular weight is 215 g/mol. The number of aliphatic hydroxyl groups excluding tert-OH is 1. The van der Waals surface area contributed by atoms with Gasteiger partial charge in [0.1, 0.15) is 5.60 Å². The van der Waals surface area contributed by atoms with E-state index in [0.29, 0.717) is 0 Å². The summed E-state index contributed by atoms with van der Waals surface area (Å²) in [4.78, 5) is 13.5. The van der Waals surface area contributed by atoms with Gasteiger partial charge >= 0.3 is 6.09 Å². The van der Waals surface area contributed by atoms with Crippen molar-refractivity contribution in [3.8, 4) is 0 Å². The van der Waals surface area contributed by atoms with Crippen LogP contribution < -0.4 is 0 Å². The maximum Gasteiger partial charge on any atom is 0.410 e. The smallest absolute Gasteiger partial charge is 0.410 e. The molecule has 2 atom stereocenters. The molecule has 1 fully saturated rings. The Morgan fingerprint density at radius 2 is 2.07 bits per heavy atom. The van der Waals surface area contributed by atoms with E-state index in [1.54, 1.807) is 4.90 Å². The highest BCUT2D eigenvalue weighted by Crippen LogP contribution is 2.25. The summed E-state index contributed by atoms with van der Waals surface area (Å²) >= 11 is 0. The Labute approximate surface area is 91.2 Å². The molecule has 1 rings (SSSR count). The molecule has 0 aromatic rings. The molecule has 0 aromatic heterocycles. The predicted molar refractivity (Wildman–Crippen MR) is 57.6 cm³/mol. The Balaban J connectivity index is 2.64. The number of nitrogens with zero attached hydrogens (tertiary/aromatic N) is 1. The van der Waals surface area contributed by atoms with Crippen LogP contribution in [-0.2, 0) is 4.74 Å². The monoisotopic (exact) mass is 215 g/mol. The van der Waals surface area contributed by atoms with Gasteiger partial charge in [-0.3, -0.25) is 0 Å². The first-order valence-electron chi connectivity index (χ1n) is 5.47. The zero-order valence-electron chi connectivity index (χ0n) is 9.99. The minimum absolute atomic E-state index is 0.0174. The Bertz CT molecular complexity index is 234. The van der Waals surface area contributed by atoms with Gasteiger partial charge in [0.2, 0.25) is 0 Å². The molecule has 0 unspecified atom stereocenters. The lowest BCUT2D eigenvalue weighted by Gasteiger charge is -2.30. The van der Waals surface area contributed by atoms with E-state index in [9.17, 15) is 4.79 Å². The fraction of sp³-hybridized carbons (Fsp3) is 0.909. The van der Waals surface area contributed by atoms with Crippen LogP contribution in [0.2, 0.25) is 0 Å². The summed E-state index contributed by atoms with van der Waals surface area (Å²) in [5, 5.41) is 9.15. The normalized spacial score (nSPS) is 26.9. The van der Waals surface area contributed by atoms with E-state index in [-0.39, 0.29) is 24.8 Å². The summed E-state index contributed by atoms with van der Waals surface area (Å²) in [6.07, 6.45) is 1.48. The highest BCUT2D eigenvalue weighted by atomic mass is 16.6. The Kier molecular flexibility index (Phi) is 3.60. The van der Waals surface area contributed by atoms with Crippen LogP contribution in [0.1, 0.15) is 40.5 Å². The molecular formula is C11H21NO3. The van der Waals surface area contributed by atoms with Crippen molar-refractivity contribution in [3.63, 3.8) is 0 Å². The molecule has 0 spiro atoms. The zero-order chi connectivity index (χ0) is 11.6. The number of ether oxygens (including phenoxy) is 1. The third-order valence-corrected chi connectivity index (χ3v) is 2.60. The zero-order valence-corrected chi connectivity index (χ0v) is 9.99. The number of carbonyl (C=O) groups excluding carboxylic acids is 1. The topological polar surface area (TPSA) is 49.8 Å². The van der Waals surface area contributed by atoms with Gasteiger partial charge in [0.15, 0.2) is 0 Å². The highest BCUT2D eigenvalue weighted by Gasteiger charge is 2.36. The molecule has 1 aliphatic heterocycles. The second kappa shape index (κ2) is 4.39. The van der Waals surface area contributed by atoms with Gasteiger partial charge in [-0.2, -0.15) is 0 Å². The third kappa shape index (κ3) is 3.09. The molecule has 15 heavy (non-hydrogen) atoms. The molecule has 1 N–H and O–H groups in total. The van der Waals surface area contributed by atoms with Gasteiger partial charge in [-0.15, -0.1) is 0 Å². The minimum Gasteiger partial charge on any atom is -0.444 e. The largest absolute Gasteiger partial charge is 0.444 e. The second-order valence-electron chi connectivity index (χ2n) is 5.15. The van der Waals surface area contributed by atoms with E-state index in [4.69, 9.17) is 9.84 Å². The summed E-state index contributed by atoms with van der Waals surface area (Å²) in [6.45, 7) is 7.54. The van der Waals surface area contributed by atoms with Gasteiger partial charge < -0.3 is 14.7 Å². The summed E-state index contributed by atoms with van der Waals surface area (Å²) in [6, 6.07) is 0.0897. The molecular weight excluding hydrogens is 194 g/mol. The van der Waals surface area contributed by atoms with Crippen LogP contribution in [0.25, 0.3) is 0 Å². The van der Waals surface area contributed by atoms with Crippen LogP contribution in [-0.4, -0.2) is 40.4 Å². The number of rotatable bonds is 1. The van der Waals surface area contributed by atoms with Crippen molar-refractivity contribution in [1.82, 2.24) is 4.90 Å². The van der Waals surface area contributed by atoms with Crippen molar-refractivity contribution in [2.45, 2.75) is 58.2 Å². The molecule has 1 heterocycles. The van der Waals surface area contributed by atoms with Gasteiger partial charge in [-0.05, 0) is 40.5 Å². The average Bonchev–Trinajstić information content (AvgIpc) is 2.43. The molecule has 1 saturated heterocycles. The van der Waals surface area contributed by atoms with Crippen LogP contribution in [0.15, 0.2) is 0 Å². The molecule has 0 aliphatic carbocycles. The fourth-order valence-corrected chi connectivity index (χ4v) is 1.89. The predicted octanol–water partition coefficient (Wildman–Crippen LogP) is 1.77. The highest BCUT2D eigenvalue weighted by molar-refractivity contribution is 5.69. The Hall–Kier alpha value is -0.770. The standard InChI is InChI=1S/C11H21NO3/c1-8-5-6-9(7-13)12(8)10(14)15-11(2,3)4/h8-9,13H,5-7H2,1-4H3/t8-,9-/m1/s1. The molecule has 1 amide bonds. The van der Waals surface area contributed by atoms with Gasteiger partial charge in [-0.25, -0.2) is 4.79 Å². The van der Waals surface area contributed by atoms with Gasteiger partial charge in [0.25, 0.3) is 0 Å². The number of hydrogen-bond donors (Lipinski definition) is 1. The van der Waals surface area contributed by atoms with Crippen LogP contribution in [0.5, 0.6) is 0 Å². The first-order chi connectivity index (χ1) is 6.85. The fourth-order valence-electron chi connectivity index (χ4n) is 1.89. The summed E-state index contributed by atoms with van der Waals surface area (Å²) in [5.74, 6) is 0. The van der Waals surface area contributed by atoms with Crippen molar-refractivity contribution in [1.29, 1.82) is 0 Å². The van der Waals surface area contributed by atoms with Crippen molar-refractivity contribution in [2.24, 2.45) is 0 Å². The van der Waals surface area contributed by atoms with E-state index in [1.807, 2.05) is 27.7 Å². The summed E-state index contributed by atoms with van der Waals surface area (Å²) < 4.78 is 5.30. The van der Waals surface area contributed by atoms with E-state index >= 15 is 0 Å². The van der Waals surface area contributed by atoms with Crippen LogP contribution in [0.4, 0.5) is 4.79 Å². The lowest BCUT2D eigenvalue weighted by atomic mass is 10.2. The Morgan fingerprint density at radius 1 is 1.47 bits per heavy atom. The minimum atomic E-state index is -0.473. The van der Waals surface area contributed by atoms with Crippen LogP contribution in [0, 0.1) is 0 Å². The maximum absolute atomic E-state index is 11.8. The van der Waals surface area contributed by atoms with Crippen LogP contribution in [0.3, 0.4) is 0 Å². The van der Waals surface area contributed by atoms with Crippen molar-refractivity contribution >= 4 is 6.09 Å². The van der Waals surface area contributed by atoms with Gasteiger partial charge in [0, 0.05) is 6.04 Å². The maximum atomic E-state index is 11.8. The van der Waals surface area contributed by atoms with Crippen molar-refractivity contribution in [2.75, 3.05) is 6.61 Å².